The third kappa shape index (κ3) is 1.81. The van der Waals surface area contributed by atoms with Crippen LogP contribution in [0, 0.1) is 0 Å². The van der Waals surface area contributed by atoms with Crippen LogP contribution in [0.25, 0.3) is 0 Å². The minimum absolute atomic E-state index is 0.383. The lowest BCUT2D eigenvalue weighted by Crippen LogP contribution is -2.42. The Kier molecular flexibility index (Phi) is 3.39. The number of hydrogen-bond acceptors (Lipinski definition) is 3. The molecule has 1 fully saturated rings. The lowest BCUT2D eigenvalue weighted by molar-refractivity contribution is -0.147. The van der Waals surface area contributed by atoms with Crippen molar-refractivity contribution in [1.82, 2.24) is 0 Å². The highest BCUT2D eigenvalue weighted by atomic mass is 35.5. The van der Waals surface area contributed by atoms with Crippen molar-refractivity contribution >= 4 is 17.6 Å². The normalized spacial score (nSPS) is 16.8. The van der Waals surface area contributed by atoms with Crippen molar-refractivity contribution in [3.63, 3.8) is 0 Å². The Balaban J connectivity index is 2.59. The third-order valence-electron chi connectivity index (χ3n) is 3.58. The number of carboxylic acid groups (broad SMARTS) is 1. The zero-order valence-electron chi connectivity index (χ0n) is 10.3. The molecule has 0 amide bonds. The molecule has 1 aliphatic carbocycles. The molecule has 98 valence electrons. The smallest absolute Gasteiger partial charge is 0.314 e. The maximum Gasteiger partial charge on any atom is 0.314 e. The van der Waals surface area contributed by atoms with Gasteiger partial charge >= 0.3 is 5.97 Å². The molecule has 0 bridgehead atoms. The van der Waals surface area contributed by atoms with E-state index in [2.05, 4.69) is 0 Å². The number of benzene rings is 1. The fourth-order valence-electron chi connectivity index (χ4n) is 2.40. The van der Waals surface area contributed by atoms with Crippen molar-refractivity contribution in [2.45, 2.75) is 24.7 Å². The van der Waals surface area contributed by atoms with E-state index >= 15 is 0 Å². The van der Waals surface area contributed by atoms with Crippen molar-refractivity contribution in [1.29, 1.82) is 0 Å². The number of halogens is 1. The lowest BCUT2D eigenvalue weighted by Gasteiger charge is -2.39. The van der Waals surface area contributed by atoms with E-state index < -0.39 is 11.4 Å². The molecule has 0 radical (unpaired) electrons. The summed E-state index contributed by atoms with van der Waals surface area (Å²) >= 11 is 6.21. The first-order valence-corrected chi connectivity index (χ1v) is 6.08. The summed E-state index contributed by atoms with van der Waals surface area (Å²) in [6, 6.07) is 3.30. The van der Waals surface area contributed by atoms with Gasteiger partial charge < -0.3 is 14.6 Å². The summed E-state index contributed by atoms with van der Waals surface area (Å²) in [4.78, 5) is 11.5. The summed E-state index contributed by atoms with van der Waals surface area (Å²) in [5.74, 6) is 0.182. The summed E-state index contributed by atoms with van der Waals surface area (Å²) < 4.78 is 10.4. The molecule has 0 unspecified atom stereocenters. The van der Waals surface area contributed by atoms with Crippen LogP contribution in [0.1, 0.15) is 24.8 Å². The van der Waals surface area contributed by atoms with Gasteiger partial charge in [0.05, 0.1) is 24.7 Å². The molecule has 1 aromatic carbocycles. The fraction of sp³-hybridized carbons (Fsp3) is 0.462. The van der Waals surface area contributed by atoms with Gasteiger partial charge in [-0.2, -0.15) is 0 Å². The molecule has 0 aliphatic heterocycles. The highest BCUT2D eigenvalue weighted by Crippen LogP contribution is 2.51. The van der Waals surface area contributed by atoms with E-state index in [9.17, 15) is 9.90 Å². The molecule has 18 heavy (non-hydrogen) atoms. The maximum atomic E-state index is 11.5. The molecular formula is C13H15ClO4. The molecule has 5 heteroatoms. The van der Waals surface area contributed by atoms with Gasteiger partial charge in [-0.1, -0.05) is 18.0 Å². The average molecular weight is 271 g/mol. The molecule has 0 atom stereocenters. The van der Waals surface area contributed by atoms with E-state index in [-0.39, 0.29) is 0 Å². The van der Waals surface area contributed by atoms with Crippen LogP contribution in [0.2, 0.25) is 5.02 Å². The molecule has 1 aromatic rings. The van der Waals surface area contributed by atoms with E-state index in [1.54, 1.807) is 12.1 Å². The summed E-state index contributed by atoms with van der Waals surface area (Å²) in [5, 5.41) is 9.85. The number of carbonyl (C=O) groups is 1. The van der Waals surface area contributed by atoms with Crippen molar-refractivity contribution < 1.29 is 19.4 Å². The predicted octanol–water partition coefficient (Wildman–Crippen LogP) is 2.86. The van der Waals surface area contributed by atoms with Gasteiger partial charge in [0, 0.05) is 11.6 Å². The zero-order valence-corrected chi connectivity index (χ0v) is 11.1. The summed E-state index contributed by atoms with van der Waals surface area (Å²) in [6.45, 7) is 0. The quantitative estimate of drug-likeness (QED) is 0.914. The Morgan fingerprint density at radius 2 is 2.00 bits per heavy atom. The highest BCUT2D eigenvalue weighted by molar-refractivity contribution is 6.32. The topological polar surface area (TPSA) is 55.8 Å². The van der Waals surface area contributed by atoms with Gasteiger partial charge in [-0.15, -0.1) is 0 Å². The van der Waals surface area contributed by atoms with Gasteiger partial charge in [0.15, 0.2) is 0 Å². The van der Waals surface area contributed by atoms with Crippen LogP contribution < -0.4 is 9.47 Å². The van der Waals surface area contributed by atoms with Gasteiger partial charge in [-0.05, 0) is 18.9 Å². The van der Waals surface area contributed by atoms with E-state index in [0.29, 0.717) is 34.9 Å². The molecule has 0 saturated heterocycles. The molecule has 1 N–H and O–H groups in total. The Bertz CT molecular complexity index is 480. The zero-order chi connectivity index (χ0) is 13.3. The molecule has 2 rings (SSSR count). The van der Waals surface area contributed by atoms with Crippen LogP contribution in [0.3, 0.4) is 0 Å². The monoisotopic (exact) mass is 270 g/mol. The minimum atomic E-state index is -0.908. The van der Waals surface area contributed by atoms with Gasteiger partial charge in [-0.25, -0.2) is 0 Å². The van der Waals surface area contributed by atoms with Crippen molar-refractivity contribution in [3.8, 4) is 11.5 Å². The van der Waals surface area contributed by atoms with Crippen molar-refractivity contribution in [2.75, 3.05) is 14.2 Å². The Morgan fingerprint density at radius 1 is 1.33 bits per heavy atom. The second-order valence-electron chi connectivity index (χ2n) is 4.43. The largest absolute Gasteiger partial charge is 0.497 e. The number of aliphatic carboxylic acids is 1. The number of carboxylic acids is 1. The minimum Gasteiger partial charge on any atom is -0.497 e. The van der Waals surface area contributed by atoms with Crippen LogP contribution in [0.15, 0.2) is 12.1 Å². The van der Waals surface area contributed by atoms with Crippen molar-refractivity contribution in [2.24, 2.45) is 0 Å². The van der Waals surface area contributed by atoms with Gasteiger partial charge in [-0.3, -0.25) is 4.79 Å². The molecule has 0 heterocycles. The summed E-state index contributed by atoms with van der Waals surface area (Å²) in [6.07, 6.45) is 2.06. The first kappa shape index (κ1) is 13.0. The number of methoxy groups -OCH3 is 2. The summed E-state index contributed by atoms with van der Waals surface area (Å²) in [5.41, 5.74) is -0.347. The molecular weight excluding hydrogens is 256 g/mol. The average Bonchev–Trinajstić information content (AvgIpc) is 2.28. The van der Waals surface area contributed by atoms with Gasteiger partial charge in [0.1, 0.15) is 11.5 Å². The molecule has 4 nitrogen and oxygen atoms in total. The Morgan fingerprint density at radius 3 is 2.39 bits per heavy atom. The Labute approximate surface area is 110 Å². The first-order valence-electron chi connectivity index (χ1n) is 5.70. The summed E-state index contributed by atoms with van der Waals surface area (Å²) in [7, 11) is 3.03. The standard InChI is InChI=1S/C13H15ClO4/c1-17-8-6-9(14)11(10(7-8)18-2)13(12(15)16)4-3-5-13/h6-7H,3-5H2,1-2H3,(H,15,16). The number of rotatable bonds is 4. The van der Waals surface area contributed by atoms with Gasteiger partial charge in [0.25, 0.3) is 0 Å². The van der Waals surface area contributed by atoms with Crippen LogP contribution in [0.5, 0.6) is 11.5 Å². The molecule has 1 aliphatic rings. The van der Waals surface area contributed by atoms with Crippen LogP contribution in [0.4, 0.5) is 0 Å². The molecule has 1 saturated carbocycles. The van der Waals surface area contributed by atoms with E-state index in [0.717, 1.165) is 6.42 Å². The van der Waals surface area contributed by atoms with Crippen LogP contribution in [-0.4, -0.2) is 25.3 Å². The number of hydrogen-bond donors (Lipinski definition) is 1. The first-order chi connectivity index (χ1) is 8.55. The van der Waals surface area contributed by atoms with Crippen molar-refractivity contribution in [3.05, 3.63) is 22.7 Å². The highest BCUT2D eigenvalue weighted by Gasteiger charge is 2.49. The lowest BCUT2D eigenvalue weighted by atomic mass is 9.64. The Hall–Kier alpha value is -1.42. The van der Waals surface area contributed by atoms with E-state index in [4.69, 9.17) is 21.1 Å². The van der Waals surface area contributed by atoms with Crippen LogP contribution in [-0.2, 0) is 10.2 Å². The van der Waals surface area contributed by atoms with E-state index in [1.165, 1.54) is 14.2 Å². The molecule has 0 aromatic heterocycles. The predicted molar refractivity (Wildman–Crippen MR) is 67.7 cm³/mol. The van der Waals surface area contributed by atoms with E-state index in [1.807, 2.05) is 0 Å². The second kappa shape index (κ2) is 4.69. The van der Waals surface area contributed by atoms with Crippen LogP contribution >= 0.6 is 11.6 Å². The van der Waals surface area contributed by atoms with Gasteiger partial charge in [0.2, 0.25) is 0 Å². The third-order valence-corrected chi connectivity index (χ3v) is 3.88. The fourth-order valence-corrected chi connectivity index (χ4v) is 2.78. The molecule has 0 spiro atoms. The second-order valence-corrected chi connectivity index (χ2v) is 4.83. The SMILES string of the molecule is COc1cc(Cl)c(C2(C(=O)O)CCC2)c(OC)c1. The number of ether oxygens (including phenoxy) is 2. The maximum absolute atomic E-state index is 11.5.